The van der Waals surface area contributed by atoms with E-state index in [2.05, 4.69) is 16.0 Å². The van der Waals surface area contributed by atoms with Crippen LogP contribution in [0, 0.1) is 5.92 Å². The first-order valence-corrected chi connectivity index (χ1v) is 12.0. The summed E-state index contributed by atoms with van der Waals surface area (Å²) >= 11 is 0. The van der Waals surface area contributed by atoms with Crippen molar-refractivity contribution in [3.63, 3.8) is 0 Å². The van der Waals surface area contributed by atoms with Crippen LogP contribution in [-0.2, 0) is 29.6 Å². The minimum atomic E-state index is -3.51. The summed E-state index contributed by atoms with van der Waals surface area (Å²) in [4.78, 5) is 25.6. The fourth-order valence-corrected chi connectivity index (χ4v) is 4.77. The highest BCUT2D eigenvalue weighted by Crippen LogP contribution is 2.51. The van der Waals surface area contributed by atoms with Crippen molar-refractivity contribution in [2.24, 2.45) is 11.7 Å². The zero-order valence-electron chi connectivity index (χ0n) is 19.1. The van der Waals surface area contributed by atoms with Crippen LogP contribution in [0.1, 0.15) is 32.3 Å². The highest BCUT2D eigenvalue weighted by molar-refractivity contribution is 7.54. The van der Waals surface area contributed by atoms with E-state index in [1.807, 2.05) is 44.2 Å². The largest absolute Gasteiger partial charge is 0.357 e. The van der Waals surface area contributed by atoms with E-state index in [0.29, 0.717) is 19.3 Å². The third-order valence-electron chi connectivity index (χ3n) is 4.91. The molecule has 1 aromatic rings. The third kappa shape index (κ3) is 8.71. The van der Waals surface area contributed by atoms with Crippen molar-refractivity contribution in [2.75, 3.05) is 27.8 Å². The van der Waals surface area contributed by atoms with Crippen molar-refractivity contribution in [1.82, 2.24) is 16.0 Å². The average Bonchev–Trinajstić information content (AvgIpc) is 2.76. The van der Waals surface area contributed by atoms with Crippen molar-refractivity contribution in [3.05, 3.63) is 35.9 Å². The molecule has 5 N–H and O–H groups in total. The number of amides is 2. The summed E-state index contributed by atoms with van der Waals surface area (Å²) in [5.41, 5.74) is 6.61. The number of nitrogens with one attached hydrogen (secondary N) is 3. The van der Waals surface area contributed by atoms with Gasteiger partial charge in [0, 0.05) is 27.7 Å². The fourth-order valence-electron chi connectivity index (χ4n) is 3.28. The predicted octanol–water partition coefficient (Wildman–Crippen LogP) is 1.63. The van der Waals surface area contributed by atoms with Crippen molar-refractivity contribution in [2.45, 2.75) is 51.0 Å². The lowest BCUT2D eigenvalue weighted by molar-refractivity contribution is -0.130. The first kappa shape index (κ1) is 27.3. The Morgan fingerprint density at radius 1 is 1.06 bits per heavy atom. The zero-order chi connectivity index (χ0) is 23.4. The predicted molar refractivity (Wildman–Crippen MR) is 122 cm³/mol. The number of carbonyl (C=O) groups is 2. The molecule has 10 heteroatoms. The van der Waals surface area contributed by atoms with Gasteiger partial charge in [-0.05, 0) is 30.9 Å². The number of hydrogen-bond donors (Lipinski definition) is 4. The lowest BCUT2D eigenvalue weighted by Gasteiger charge is -2.30. The lowest BCUT2D eigenvalue weighted by Crippen LogP contribution is -2.55. The molecule has 1 unspecified atom stereocenters. The molecule has 1 aromatic carbocycles. The Morgan fingerprint density at radius 3 is 2.16 bits per heavy atom. The first-order valence-electron chi connectivity index (χ1n) is 10.4. The molecule has 0 radical (unpaired) electrons. The molecule has 0 aliphatic rings. The Hall–Kier alpha value is -1.77. The van der Waals surface area contributed by atoms with Gasteiger partial charge in [-0.2, -0.15) is 0 Å². The highest BCUT2D eigenvalue weighted by Gasteiger charge is 2.37. The van der Waals surface area contributed by atoms with Gasteiger partial charge in [-0.15, -0.1) is 0 Å². The van der Waals surface area contributed by atoms with Crippen LogP contribution >= 0.6 is 7.60 Å². The maximum absolute atomic E-state index is 13.2. The molecule has 0 spiro atoms. The molecule has 0 fully saturated rings. The molecular weight excluding hydrogens is 419 g/mol. The number of likely N-dealkylation sites (N-methyl/N-ethyl adjacent to an activating group) is 1. The van der Waals surface area contributed by atoms with Crippen LogP contribution in [0.2, 0.25) is 0 Å². The normalized spacial score (nSPS) is 14.7. The number of nitrogens with two attached hydrogens (primary N) is 1. The quantitative estimate of drug-likeness (QED) is 0.313. The molecule has 0 bridgehead atoms. The summed E-state index contributed by atoms with van der Waals surface area (Å²) in [6.07, 6.45) is 1.11. The summed E-state index contributed by atoms with van der Waals surface area (Å²) in [5, 5.41) is 8.56. The van der Waals surface area contributed by atoms with E-state index in [1.165, 1.54) is 21.3 Å². The maximum atomic E-state index is 13.2. The van der Waals surface area contributed by atoms with Gasteiger partial charge in [0.05, 0.1) is 6.04 Å². The van der Waals surface area contributed by atoms with Gasteiger partial charge >= 0.3 is 7.60 Å². The second-order valence-corrected chi connectivity index (χ2v) is 10.1. The van der Waals surface area contributed by atoms with Crippen molar-refractivity contribution < 1.29 is 23.2 Å². The molecule has 0 aliphatic heterocycles. The van der Waals surface area contributed by atoms with Gasteiger partial charge in [0.25, 0.3) is 0 Å². The van der Waals surface area contributed by atoms with Crippen LogP contribution in [0.15, 0.2) is 30.3 Å². The summed E-state index contributed by atoms with van der Waals surface area (Å²) in [5.74, 6) is -1.24. The molecule has 0 aliphatic carbocycles. The average molecular weight is 457 g/mol. The van der Waals surface area contributed by atoms with E-state index in [0.717, 1.165) is 5.56 Å². The van der Waals surface area contributed by atoms with Crippen LogP contribution in [0.4, 0.5) is 0 Å². The van der Waals surface area contributed by atoms with Gasteiger partial charge in [0.2, 0.25) is 11.8 Å². The molecule has 31 heavy (non-hydrogen) atoms. The van der Waals surface area contributed by atoms with E-state index in [1.54, 1.807) is 0 Å². The van der Waals surface area contributed by atoms with Crippen LogP contribution in [0.5, 0.6) is 0 Å². The topological polar surface area (TPSA) is 132 Å². The Labute approximate surface area is 185 Å². The second kappa shape index (κ2) is 13.6. The SMILES string of the molecule is CNC(=O)C(Cc1ccccc1)NC(=O)[C@H](CC(C)C)N[C@H](CCN)P(=O)(OC)OC. The standard InChI is InChI=1S/C21H37N4O5P/c1-15(2)13-17(24-19(11-12-22)31(28,29-4)30-5)21(27)25-18(20(26)23-3)14-16-9-7-6-8-10-16/h6-10,15,17-19,24H,11-14,22H2,1-5H3,(H,23,26)(H,25,27)/t17-,18?,19-/m0/s1. The Bertz CT molecular complexity index is 724. The maximum Gasteiger partial charge on any atom is 0.346 e. The van der Waals surface area contributed by atoms with Crippen LogP contribution in [-0.4, -0.2) is 57.5 Å². The van der Waals surface area contributed by atoms with Crippen molar-refractivity contribution >= 4 is 19.4 Å². The summed E-state index contributed by atoms with van der Waals surface area (Å²) in [7, 11) is 0.620. The molecule has 176 valence electrons. The smallest absolute Gasteiger partial charge is 0.346 e. The van der Waals surface area contributed by atoms with Gasteiger partial charge < -0.3 is 25.4 Å². The van der Waals surface area contributed by atoms with Gasteiger partial charge in [0.1, 0.15) is 11.8 Å². The Morgan fingerprint density at radius 2 is 1.68 bits per heavy atom. The first-order chi connectivity index (χ1) is 14.7. The van der Waals surface area contributed by atoms with Gasteiger partial charge in [-0.3, -0.25) is 19.5 Å². The summed E-state index contributed by atoms with van der Waals surface area (Å²) in [6.45, 7) is 4.19. The number of rotatable bonds is 14. The fraction of sp³-hybridized carbons (Fsp3) is 0.619. The molecule has 0 saturated heterocycles. The minimum absolute atomic E-state index is 0.166. The van der Waals surface area contributed by atoms with Crippen LogP contribution in [0.25, 0.3) is 0 Å². The molecule has 0 aromatic heterocycles. The molecule has 9 nitrogen and oxygen atoms in total. The molecule has 1 rings (SSSR count). The molecule has 2 amide bonds. The molecule has 0 heterocycles. The highest BCUT2D eigenvalue weighted by atomic mass is 31.2. The summed E-state index contributed by atoms with van der Waals surface area (Å²) < 4.78 is 23.2. The van der Waals surface area contributed by atoms with Gasteiger partial charge in [0.15, 0.2) is 0 Å². The van der Waals surface area contributed by atoms with Crippen LogP contribution < -0.4 is 21.7 Å². The Balaban J connectivity index is 3.07. The molecule has 0 saturated carbocycles. The van der Waals surface area contributed by atoms with Gasteiger partial charge in [-0.1, -0.05) is 44.2 Å². The monoisotopic (exact) mass is 456 g/mol. The van der Waals surface area contributed by atoms with E-state index < -0.39 is 25.5 Å². The molecular formula is C21H37N4O5P. The van der Waals surface area contributed by atoms with E-state index in [9.17, 15) is 14.2 Å². The molecule has 3 atom stereocenters. The Kier molecular flexibility index (Phi) is 12.0. The van der Waals surface area contributed by atoms with Gasteiger partial charge in [-0.25, -0.2) is 0 Å². The third-order valence-corrected chi connectivity index (χ3v) is 7.10. The van der Waals surface area contributed by atoms with E-state index >= 15 is 0 Å². The lowest BCUT2D eigenvalue weighted by atomic mass is 10.0. The van der Waals surface area contributed by atoms with E-state index in [4.69, 9.17) is 14.8 Å². The van der Waals surface area contributed by atoms with Crippen LogP contribution in [0.3, 0.4) is 0 Å². The summed E-state index contributed by atoms with van der Waals surface area (Å²) in [6, 6.07) is 7.99. The number of carbonyl (C=O) groups excluding carboxylic acids is 2. The minimum Gasteiger partial charge on any atom is -0.357 e. The zero-order valence-corrected chi connectivity index (χ0v) is 20.0. The number of benzene rings is 1. The van der Waals surface area contributed by atoms with Crippen molar-refractivity contribution in [1.29, 1.82) is 0 Å². The van der Waals surface area contributed by atoms with E-state index in [-0.39, 0.29) is 24.3 Å². The number of hydrogen-bond acceptors (Lipinski definition) is 7. The second-order valence-electron chi connectivity index (χ2n) is 7.71. The van der Waals surface area contributed by atoms with Crippen molar-refractivity contribution in [3.8, 4) is 0 Å².